The number of hydrogen-bond donors (Lipinski definition) is 1. The summed E-state index contributed by atoms with van der Waals surface area (Å²) in [6.07, 6.45) is 0. The summed E-state index contributed by atoms with van der Waals surface area (Å²) in [6.45, 7) is 14.8. The van der Waals surface area contributed by atoms with E-state index in [1.54, 1.807) is 37.5 Å². The normalized spacial score (nSPS) is 35.6. The van der Waals surface area contributed by atoms with Crippen molar-refractivity contribution in [2.45, 2.75) is 70.6 Å². The van der Waals surface area contributed by atoms with Crippen LogP contribution in [0.4, 0.5) is 0 Å². The quantitative estimate of drug-likeness (QED) is 0.502. The van der Waals surface area contributed by atoms with Crippen LogP contribution in [0.25, 0.3) is 0 Å². The van der Waals surface area contributed by atoms with Gasteiger partial charge in [-0.25, -0.2) is 4.98 Å². The highest BCUT2D eigenvalue weighted by atomic mass is 32.2. The van der Waals surface area contributed by atoms with Gasteiger partial charge in [0.05, 0.1) is 20.2 Å². The van der Waals surface area contributed by atoms with Crippen molar-refractivity contribution in [3.05, 3.63) is 17.3 Å². The Labute approximate surface area is 235 Å². The molecule has 1 amide bonds. The SMILES string of the molecule is CNC(=O)c1nc([C@]2(C)CSC([C@]3(C)CSC([C@]4(C)CSC([C@@]5(C)CSC(C(C)C)=N5)=N4)=N3)=N2)oc1C. The van der Waals surface area contributed by atoms with Crippen LogP contribution in [0.2, 0.25) is 0 Å². The molecule has 4 aliphatic rings. The van der Waals surface area contributed by atoms with Crippen LogP contribution in [0.1, 0.15) is 63.7 Å². The first-order valence-electron chi connectivity index (χ1n) is 12.4. The van der Waals surface area contributed by atoms with Gasteiger partial charge >= 0.3 is 0 Å². The third-order valence-electron chi connectivity index (χ3n) is 6.95. The number of nitrogens with zero attached hydrogens (tertiary/aromatic N) is 5. The Bertz CT molecular complexity index is 1270. The molecule has 1 aromatic rings. The van der Waals surface area contributed by atoms with E-state index in [4.69, 9.17) is 24.4 Å². The lowest BCUT2D eigenvalue weighted by Crippen LogP contribution is -2.34. The molecule has 5 rings (SSSR count). The van der Waals surface area contributed by atoms with Crippen molar-refractivity contribution >= 4 is 73.1 Å². The molecule has 0 saturated carbocycles. The number of amides is 1. The fourth-order valence-electron chi connectivity index (χ4n) is 4.53. The van der Waals surface area contributed by atoms with Crippen LogP contribution in [0, 0.1) is 12.8 Å². The number of hydrogen-bond acceptors (Lipinski definition) is 11. The van der Waals surface area contributed by atoms with Gasteiger partial charge in [0.1, 0.15) is 27.9 Å². The highest BCUT2D eigenvalue weighted by molar-refractivity contribution is 8.17. The maximum atomic E-state index is 12.1. The van der Waals surface area contributed by atoms with Crippen LogP contribution in [0.5, 0.6) is 0 Å². The summed E-state index contributed by atoms with van der Waals surface area (Å²) < 4.78 is 5.91. The number of aliphatic imine (C=N–C) groups is 4. The van der Waals surface area contributed by atoms with Crippen molar-refractivity contribution in [2.24, 2.45) is 25.9 Å². The molecule has 0 aromatic carbocycles. The summed E-state index contributed by atoms with van der Waals surface area (Å²) in [4.78, 5) is 37.3. The molecule has 4 atom stereocenters. The second-order valence-corrected chi connectivity index (χ2v) is 15.0. The third kappa shape index (κ3) is 4.74. The summed E-state index contributed by atoms with van der Waals surface area (Å²) in [5.74, 6) is 4.53. The molecule has 4 aliphatic heterocycles. The second-order valence-electron chi connectivity index (χ2n) is 11.1. The van der Waals surface area contributed by atoms with E-state index in [0.29, 0.717) is 29.0 Å². The number of oxazole rings is 1. The predicted molar refractivity (Wildman–Crippen MR) is 162 cm³/mol. The Kier molecular flexibility index (Phi) is 6.98. The standard InChI is InChI=1S/C25H34N6O2S4/c1-13(2)17-28-23(5,10-34-17)19-30-25(7,12-36-19)21-31-24(6,11-37-21)20-29-22(4,9-35-20)18-27-15(14(3)33-18)16(32)26-8/h13H,9-12H2,1-8H3,(H,26,32)/t22-,23+,24-,25-/m0/s1. The molecule has 0 saturated heterocycles. The number of carbonyl (C=O) groups excluding carboxylic acids is 1. The number of thioether (sulfide) groups is 4. The average molecular weight is 579 g/mol. The molecule has 0 spiro atoms. The lowest BCUT2D eigenvalue weighted by atomic mass is 10.0. The van der Waals surface area contributed by atoms with E-state index in [2.05, 4.69) is 44.9 Å². The van der Waals surface area contributed by atoms with Crippen LogP contribution in [-0.4, -0.2) is 77.7 Å². The number of carbonyl (C=O) groups is 1. The topological polar surface area (TPSA) is 105 Å². The fraction of sp³-hybridized carbons (Fsp3) is 0.680. The van der Waals surface area contributed by atoms with Crippen molar-refractivity contribution in [3.8, 4) is 0 Å². The summed E-state index contributed by atoms with van der Waals surface area (Å²) in [7, 11) is 1.59. The maximum Gasteiger partial charge on any atom is 0.273 e. The van der Waals surface area contributed by atoms with E-state index < -0.39 is 11.1 Å². The summed E-state index contributed by atoms with van der Waals surface area (Å²) in [6, 6.07) is 0. The van der Waals surface area contributed by atoms with E-state index in [0.717, 1.165) is 32.4 Å². The van der Waals surface area contributed by atoms with E-state index >= 15 is 0 Å². The first kappa shape index (κ1) is 27.3. The minimum absolute atomic E-state index is 0.241. The molecule has 1 N–H and O–H groups in total. The van der Waals surface area contributed by atoms with Gasteiger partial charge in [0.25, 0.3) is 5.91 Å². The van der Waals surface area contributed by atoms with Crippen LogP contribution < -0.4 is 5.32 Å². The van der Waals surface area contributed by atoms with Gasteiger partial charge in [-0.15, -0.1) is 47.0 Å². The highest BCUT2D eigenvalue weighted by Gasteiger charge is 2.50. The van der Waals surface area contributed by atoms with Gasteiger partial charge in [0, 0.05) is 36.0 Å². The van der Waals surface area contributed by atoms with Gasteiger partial charge in [0.15, 0.2) is 5.69 Å². The number of rotatable bonds is 6. The largest absolute Gasteiger partial charge is 0.442 e. The van der Waals surface area contributed by atoms with Crippen molar-refractivity contribution in [1.29, 1.82) is 0 Å². The minimum atomic E-state index is -0.637. The fourth-order valence-corrected chi connectivity index (χ4v) is 9.96. The van der Waals surface area contributed by atoms with Crippen LogP contribution in [-0.2, 0) is 5.54 Å². The molecular formula is C25H34N6O2S4. The van der Waals surface area contributed by atoms with E-state index in [1.165, 1.54) is 5.04 Å². The Morgan fingerprint density at radius 3 is 1.76 bits per heavy atom. The van der Waals surface area contributed by atoms with Gasteiger partial charge in [0.2, 0.25) is 5.89 Å². The molecule has 0 fully saturated rings. The van der Waals surface area contributed by atoms with Gasteiger partial charge in [-0.3, -0.25) is 24.8 Å². The Morgan fingerprint density at radius 1 is 0.811 bits per heavy atom. The zero-order chi connectivity index (χ0) is 26.8. The zero-order valence-corrected chi connectivity index (χ0v) is 25.9. The predicted octanol–water partition coefficient (Wildman–Crippen LogP) is 5.07. The second kappa shape index (κ2) is 9.45. The molecule has 1 aromatic heterocycles. The first-order valence-corrected chi connectivity index (χ1v) is 16.4. The zero-order valence-electron chi connectivity index (χ0n) is 22.6. The molecule has 0 aliphatic carbocycles. The Balaban J connectivity index is 1.39. The average Bonchev–Trinajstić information content (AvgIpc) is 3.65. The smallest absolute Gasteiger partial charge is 0.273 e. The van der Waals surface area contributed by atoms with Gasteiger partial charge in [-0.1, -0.05) is 13.8 Å². The summed E-state index contributed by atoms with van der Waals surface area (Å²) >= 11 is 7.19. The van der Waals surface area contributed by atoms with Crippen molar-refractivity contribution in [3.63, 3.8) is 0 Å². The molecular weight excluding hydrogens is 545 g/mol. The lowest BCUT2D eigenvalue weighted by molar-refractivity contribution is 0.0957. The molecule has 5 heterocycles. The monoisotopic (exact) mass is 578 g/mol. The van der Waals surface area contributed by atoms with Crippen molar-refractivity contribution in [1.82, 2.24) is 10.3 Å². The molecule has 0 unspecified atom stereocenters. The summed E-state index contributed by atoms with van der Waals surface area (Å²) in [5, 5.41) is 7.03. The number of aromatic nitrogens is 1. The maximum absolute atomic E-state index is 12.1. The first-order chi connectivity index (χ1) is 17.3. The minimum Gasteiger partial charge on any atom is -0.442 e. The highest BCUT2D eigenvalue weighted by Crippen LogP contribution is 2.47. The number of nitrogens with one attached hydrogen (secondary N) is 1. The van der Waals surface area contributed by atoms with E-state index in [1.807, 2.05) is 30.4 Å². The molecule has 8 nitrogen and oxygen atoms in total. The lowest BCUT2D eigenvalue weighted by Gasteiger charge is -2.21. The van der Waals surface area contributed by atoms with Crippen molar-refractivity contribution in [2.75, 3.05) is 30.1 Å². The Morgan fingerprint density at radius 2 is 1.27 bits per heavy atom. The third-order valence-corrected chi connectivity index (χ3v) is 13.0. The Hall–Kier alpha value is -1.24. The molecule has 12 heteroatoms. The molecule has 0 bridgehead atoms. The van der Waals surface area contributed by atoms with Crippen molar-refractivity contribution < 1.29 is 9.21 Å². The van der Waals surface area contributed by atoms with Gasteiger partial charge in [-0.2, -0.15) is 0 Å². The summed E-state index contributed by atoms with van der Waals surface area (Å²) in [5.41, 5.74) is -1.33. The van der Waals surface area contributed by atoms with E-state index in [9.17, 15) is 4.79 Å². The number of aryl methyl sites for hydroxylation is 1. The molecule has 0 radical (unpaired) electrons. The van der Waals surface area contributed by atoms with Gasteiger partial charge < -0.3 is 9.73 Å². The van der Waals surface area contributed by atoms with Crippen LogP contribution in [0.15, 0.2) is 24.4 Å². The van der Waals surface area contributed by atoms with Crippen LogP contribution in [0.3, 0.4) is 0 Å². The molecule has 37 heavy (non-hydrogen) atoms. The van der Waals surface area contributed by atoms with Gasteiger partial charge in [-0.05, 0) is 34.6 Å². The van der Waals surface area contributed by atoms with E-state index in [-0.39, 0.29) is 17.0 Å². The molecule has 200 valence electrons. The van der Waals surface area contributed by atoms with Crippen LogP contribution >= 0.6 is 47.0 Å².